The summed E-state index contributed by atoms with van der Waals surface area (Å²) in [4.78, 5) is 45.3. The molecule has 2 saturated heterocycles. The minimum atomic E-state index is -0.803. The molecule has 2 fully saturated rings. The van der Waals surface area contributed by atoms with Crippen molar-refractivity contribution in [3.8, 4) is 0 Å². The van der Waals surface area contributed by atoms with Gasteiger partial charge < -0.3 is 20.0 Å². The minimum Gasteiger partial charge on any atom is -0.354 e. The molecule has 7 nitrogen and oxygen atoms in total. The summed E-state index contributed by atoms with van der Waals surface area (Å²) in [6.07, 6.45) is 1.68. The number of piperidine rings is 1. The molecule has 0 saturated carbocycles. The fraction of sp³-hybridized carbons (Fsp3) is 0.300. The molecule has 196 valence electrons. The van der Waals surface area contributed by atoms with E-state index >= 15 is 0 Å². The Bertz CT molecular complexity index is 1290. The van der Waals surface area contributed by atoms with E-state index in [4.69, 9.17) is 11.6 Å². The van der Waals surface area contributed by atoms with Crippen LogP contribution < -0.4 is 10.2 Å². The normalized spacial score (nSPS) is 16.7. The topological polar surface area (TPSA) is 73.0 Å². The molecule has 0 unspecified atom stereocenters. The number of nitrogens with one attached hydrogen (secondary N) is 1. The van der Waals surface area contributed by atoms with Crippen LogP contribution in [-0.2, 0) is 16.0 Å². The minimum absolute atomic E-state index is 0.000967. The van der Waals surface area contributed by atoms with Crippen LogP contribution in [0.15, 0.2) is 84.9 Å². The van der Waals surface area contributed by atoms with Crippen molar-refractivity contribution >= 4 is 35.0 Å². The number of halogens is 1. The zero-order valence-electron chi connectivity index (χ0n) is 21.2. The third-order valence-electron chi connectivity index (χ3n) is 7.48. The van der Waals surface area contributed by atoms with E-state index in [0.29, 0.717) is 49.7 Å². The summed E-state index contributed by atoms with van der Waals surface area (Å²) in [6, 6.07) is 26.8. The largest absolute Gasteiger partial charge is 0.354 e. The number of para-hydroxylation sites is 1. The second kappa shape index (κ2) is 11.3. The van der Waals surface area contributed by atoms with Gasteiger partial charge >= 0.3 is 0 Å². The number of benzene rings is 3. The van der Waals surface area contributed by atoms with Gasteiger partial charge in [-0.2, -0.15) is 0 Å². The standard InChI is InChI=1S/C30H31ClN4O3/c31-26-14-8-7-13-25(26)28(37)33-19-16-30(17-20-33)29(38)34(22-35(30)24-11-5-2-6-12-24)21-27(36)32-18-15-23-9-3-1-4-10-23/h1-14H,15-22H2,(H,32,36). The molecular formula is C30H31ClN4O3. The number of nitrogens with zero attached hydrogens (tertiary/aromatic N) is 3. The van der Waals surface area contributed by atoms with Crippen molar-refractivity contribution in [2.75, 3.05) is 37.7 Å². The van der Waals surface area contributed by atoms with Crippen LogP contribution in [0.1, 0.15) is 28.8 Å². The molecule has 2 heterocycles. The van der Waals surface area contributed by atoms with E-state index in [1.165, 1.54) is 0 Å². The molecule has 3 aromatic carbocycles. The first kappa shape index (κ1) is 25.8. The van der Waals surface area contributed by atoms with Crippen LogP contribution >= 0.6 is 11.6 Å². The molecular weight excluding hydrogens is 500 g/mol. The van der Waals surface area contributed by atoms with Crippen LogP contribution in [0.3, 0.4) is 0 Å². The smallest absolute Gasteiger partial charge is 0.255 e. The van der Waals surface area contributed by atoms with Gasteiger partial charge in [0.25, 0.3) is 11.8 Å². The molecule has 2 aliphatic heterocycles. The Morgan fingerprint density at radius 2 is 1.50 bits per heavy atom. The molecule has 3 aromatic rings. The van der Waals surface area contributed by atoms with E-state index in [0.717, 1.165) is 17.7 Å². The molecule has 2 aliphatic rings. The second-order valence-corrected chi connectivity index (χ2v) is 10.2. The van der Waals surface area contributed by atoms with Crippen molar-refractivity contribution in [3.63, 3.8) is 0 Å². The van der Waals surface area contributed by atoms with E-state index in [-0.39, 0.29) is 24.3 Å². The fourth-order valence-electron chi connectivity index (χ4n) is 5.43. The van der Waals surface area contributed by atoms with Crippen molar-refractivity contribution in [3.05, 3.63) is 101 Å². The number of anilines is 1. The molecule has 1 spiro atoms. The SMILES string of the molecule is O=C(CN1CN(c2ccccc2)C2(CCN(C(=O)c3ccccc3Cl)CC2)C1=O)NCCc1ccccc1. The zero-order chi connectivity index (χ0) is 26.5. The van der Waals surface area contributed by atoms with E-state index < -0.39 is 5.54 Å². The maximum Gasteiger partial charge on any atom is 0.255 e. The van der Waals surface area contributed by atoms with E-state index in [1.54, 1.807) is 34.1 Å². The number of hydrogen-bond acceptors (Lipinski definition) is 4. The van der Waals surface area contributed by atoms with Crippen LogP contribution in [-0.4, -0.2) is 65.9 Å². The lowest BCUT2D eigenvalue weighted by molar-refractivity contribution is -0.137. The van der Waals surface area contributed by atoms with Crippen molar-refractivity contribution in [2.45, 2.75) is 24.8 Å². The molecule has 0 radical (unpaired) electrons. The van der Waals surface area contributed by atoms with Crippen molar-refractivity contribution < 1.29 is 14.4 Å². The van der Waals surface area contributed by atoms with Gasteiger partial charge in [0.1, 0.15) is 12.1 Å². The van der Waals surface area contributed by atoms with E-state index in [1.807, 2.05) is 60.7 Å². The summed E-state index contributed by atoms with van der Waals surface area (Å²) < 4.78 is 0. The average Bonchev–Trinajstić information content (AvgIpc) is 3.20. The highest BCUT2D eigenvalue weighted by molar-refractivity contribution is 6.33. The predicted molar refractivity (Wildman–Crippen MR) is 148 cm³/mol. The Labute approximate surface area is 228 Å². The summed E-state index contributed by atoms with van der Waals surface area (Å²) in [7, 11) is 0. The van der Waals surface area contributed by atoms with Gasteiger partial charge in [0, 0.05) is 25.3 Å². The van der Waals surface area contributed by atoms with Gasteiger partial charge in [0.2, 0.25) is 5.91 Å². The maximum atomic E-state index is 13.9. The predicted octanol–water partition coefficient (Wildman–Crippen LogP) is 3.98. The molecule has 0 aliphatic carbocycles. The number of carbonyl (C=O) groups excluding carboxylic acids is 3. The quantitative estimate of drug-likeness (QED) is 0.501. The monoisotopic (exact) mass is 530 g/mol. The molecule has 1 N–H and O–H groups in total. The summed E-state index contributed by atoms with van der Waals surface area (Å²) in [6.45, 7) is 1.69. The Morgan fingerprint density at radius 1 is 0.868 bits per heavy atom. The van der Waals surface area contributed by atoms with Crippen molar-refractivity contribution in [1.82, 2.24) is 15.1 Å². The third kappa shape index (κ3) is 5.24. The lowest BCUT2D eigenvalue weighted by Crippen LogP contribution is -2.57. The lowest BCUT2D eigenvalue weighted by Gasteiger charge is -2.43. The van der Waals surface area contributed by atoms with Gasteiger partial charge in [-0.25, -0.2) is 0 Å². The number of amides is 3. The Morgan fingerprint density at radius 3 is 2.18 bits per heavy atom. The highest BCUT2D eigenvalue weighted by atomic mass is 35.5. The molecule has 0 aromatic heterocycles. The highest BCUT2D eigenvalue weighted by Crippen LogP contribution is 2.39. The average molecular weight is 531 g/mol. The van der Waals surface area contributed by atoms with Gasteiger partial charge in [0.05, 0.1) is 17.3 Å². The van der Waals surface area contributed by atoms with Crippen LogP contribution in [0.25, 0.3) is 0 Å². The Balaban J connectivity index is 1.28. The first-order valence-corrected chi connectivity index (χ1v) is 13.3. The van der Waals surface area contributed by atoms with Crippen molar-refractivity contribution in [1.29, 1.82) is 0 Å². The molecule has 5 rings (SSSR count). The Hall–Kier alpha value is -3.84. The third-order valence-corrected chi connectivity index (χ3v) is 7.81. The van der Waals surface area contributed by atoms with Gasteiger partial charge in [-0.15, -0.1) is 0 Å². The van der Waals surface area contributed by atoms with Crippen LogP contribution in [0.5, 0.6) is 0 Å². The number of hydrogen-bond donors (Lipinski definition) is 1. The van der Waals surface area contributed by atoms with Gasteiger partial charge in [-0.3, -0.25) is 14.4 Å². The zero-order valence-corrected chi connectivity index (χ0v) is 21.9. The van der Waals surface area contributed by atoms with E-state index in [9.17, 15) is 14.4 Å². The van der Waals surface area contributed by atoms with Gasteiger partial charge in [-0.05, 0) is 49.1 Å². The number of carbonyl (C=O) groups is 3. The molecule has 38 heavy (non-hydrogen) atoms. The first-order chi connectivity index (χ1) is 18.5. The molecule has 0 bridgehead atoms. The number of likely N-dealkylation sites (tertiary alicyclic amines) is 1. The van der Waals surface area contributed by atoms with Crippen LogP contribution in [0, 0.1) is 0 Å². The van der Waals surface area contributed by atoms with Crippen LogP contribution in [0.4, 0.5) is 5.69 Å². The summed E-state index contributed by atoms with van der Waals surface area (Å²) in [5, 5.41) is 3.37. The first-order valence-electron chi connectivity index (χ1n) is 12.9. The lowest BCUT2D eigenvalue weighted by atomic mass is 9.85. The van der Waals surface area contributed by atoms with Crippen LogP contribution in [0.2, 0.25) is 5.02 Å². The Kier molecular flexibility index (Phi) is 7.65. The fourth-order valence-corrected chi connectivity index (χ4v) is 5.64. The highest BCUT2D eigenvalue weighted by Gasteiger charge is 2.54. The summed E-state index contributed by atoms with van der Waals surface area (Å²) in [5.41, 5.74) is 1.75. The second-order valence-electron chi connectivity index (χ2n) is 9.80. The molecule has 8 heteroatoms. The van der Waals surface area contributed by atoms with Crippen molar-refractivity contribution in [2.24, 2.45) is 0 Å². The number of rotatable bonds is 7. The van der Waals surface area contributed by atoms with Gasteiger partial charge in [-0.1, -0.05) is 72.3 Å². The summed E-state index contributed by atoms with van der Waals surface area (Å²) >= 11 is 6.27. The molecule has 3 amide bonds. The maximum absolute atomic E-state index is 13.9. The van der Waals surface area contributed by atoms with E-state index in [2.05, 4.69) is 10.2 Å². The summed E-state index contributed by atoms with van der Waals surface area (Å²) in [5.74, 6) is -0.369. The molecule has 0 atom stereocenters. The van der Waals surface area contributed by atoms with Gasteiger partial charge in [0.15, 0.2) is 0 Å².